The van der Waals surface area contributed by atoms with Crippen LogP contribution < -0.4 is 10.2 Å². The number of carbonyl (C=O) groups excluding carboxylic acids is 1. The Hall–Kier alpha value is -2.60. The lowest BCUT2D eigenvalue weighted by Gasteiger charge is -2.18. The van der Waals surface area contributed by atoms with Gasteiger partial charge in [0.25, 0.3) is 0 Å². The van der Waals surface area contributed by atoms with Crippen molar-refractivity contribution in [3.05, 3.63) is 64.1 Å². The van der Waals surface area contributed by atoms with Crippen LogP contribution in [-0.2, 0) is 22.6 Å². The molecule has 1 aromatic heterocycles. The molecule has 128 valence electrons. The predicted molar refractivity (Wildman–Crippen MR) is 89.3 cm³/mol. The molecule has 2 aromatic rings. The van der Waals surface area contributed by atoms with Crippen molar-refractivity contribution < 1.29 is 19.0 Å². The lowest BCUT2D eigenvalue weighted by molar-refractivity contribution is 0.0568. The maximum Gasteiger partial charge on any atom is 0.358 e. The van der Waals surface area contributed by atoms with Crippen LogP contribution in [0.4, 0.5) is 0 Å². The monoisotopic (exact) mass is 331 g/mol. The molecule has 0 aliphatic carbocycles. The molecule has 1 unspecified atom stereocenters. The molecule has 0 spiro atoms. The first-order valence-electron chi connectivity index (χ1n) is 7.58. The molecule has 0 fully saturated rings. The fourth-order valence-electron chi connectivity index (χ4n) is 2.23. The standard InChI is InChI=1S/C18H21NO5/c1-13(22-2)11-19-10-9-15(20)17(16(19)18(21)23-3)24-12-14-7-5-4-6-8-14/h4-10,13H,11-12H2,1-3H3. The van der Waals surface area contributed by atoms with Gasteiger partial charge in [-0.2, -0.15) is 0 Å². The van der Waals surface area contributed by atoms with Gasteiger partial charge in [0.05, 0.1) is 13.2 Å². The van der Waals surface area contributed by atoms with Crippen molar-refractivity contribution in [2.45, 2.75) is 26.2 Å². The summed E-state index contributed by atoms with van der Waals surface area (Å²) in [5, 5.41) is 0. The number of rotatable bonds is 7. The summed E-state index contributed by atoms with van der Waals surface area (Å²) in [7, 11) is 2.85. The van der Waals surface area contributed by atoms with E-state index in [2.05, 4.69) is 0 Å². The van der Waals surface area contributed by atoms with Crippen molar-refractivity contribution in [3.63, 3.8) is 0 Å². The van der Waals surface area contributed by atoms with Gasteiger partial charge in [-0.1, -0.05) is 30.3 Å². The summed E-state index contributed by atoms with van der Waals surface area (Å²) < 4.78 is 17.3. The van der Waals surface area contributed by atoms with E-state index >= 15 is 0 Å². The van der Waals surface area contributed by atoms with E-state index < -0.39 is 5.97 Å². The average Bonchev–Trinajstić information content (AvgIpc) is 2.61. The van der Waals surface area contributed by atoms with Crippen molar-refractivity contribution in [1.29, 1.82) is 0 Å². The van der Waals surface area contributed by atoms with Crippen molar-refractivity contribution in [3.8, 4) is 5.75 Å². The van der Waals surface area contributed by atoms with E-state index in [1.165, 1.54) is 13.2 Å². The van der Waals surface area contributed by atoms with Gasteiger partial charge >= 0.3 is 5.97 Å². The van der Waals surface area contributed by atoms with Crippen molar-refractivity contribution in [2.75, 3.05) is 14.2 Å². The Morgan fingerprint density at radius 3 is 2.50 bits per heavy atom. The number of pyridine rings is 1. The van der Waals surface area contributed by atoms with Crippen molar-refractivity contribution >= 4 is 5.97 Å². The molecule has 0 saturated heterocycles. The summed E-state index contributed by atoms with van der Waals surface area (Å²) >= 11 is 0. The molecule has 0 aliphatic rings. The van der Waals surface area contributed by atoms with Crippen LogP contribution in [0, 0.1) is 0 Å². The molecule has 6 heteroatoms. The van der Waals surface area contributed by atoms with Crippen LogP contribution >= 0.6 is 0 Å². The summed E-state index contributed by atoms with van der Waals surface area (Å²) in [4.78, 5) is 24.4. The second kappa shape index (κ2) is 8.31. The van der Waals surface area contributed by atoms with E-state index in [1.807, 2.05) is 37.3 Å². The van der Waals surface area contributed by atoms with E-state index in [0.717, 1.165) is 5.56 Å². The number of hydrogen-bond acceptors (Lipinski definition) is 5. The topological polar surface area (TPSA) is 66.8 Å². The van der Waals surface area contributed by atoms with Crippen LogP contribution in [0.3, 0.4) is 0 Å². The number of carbonyl (C=O) groups is 1. The van der Waals surface area contributed by atoms with E-state index in [4.69, 9.17) is 14.2 Å². The Morgan fingerprint density at radius 1 is 1.17 bits per heavy atom. The maximum absolute atomic E-state index is 12.2. The molecule has 0 radical (unpaired) electrons. The minimum atomic E-state index is -0.626. The molecule has 0 saturated carbocycles. The van der Waals surface area contributed by atoms with E-state index in [1.54, 1.807) is 17.9 Å². The molecule has 2 rings (SSSR count). The zero-order valence-corrected chi connectivity index (χ0v) is 14.0. The fourth-order valence-corrected chi connectivity index (χ4v) is 2.23. The van der Waals surface area contributed by atoms with Crippen LogP contribution in [0.25, 0.3) is 0 Å². The lowest BCUT2D eigenvalue weighted by Crippen LogP contribution is -2.25. The quantitative estimate of drug-likeness (QED) is 0.728. The molecule has 0 amide bonds. The fraction of sp³-hybridized carbons (Fsp3) is 0.333. The van der Waals surface area contributed by atoms with Gasteiger partial charge in [0.2, 0.25) is 5.43 Å². The number of hydrogen-bond donors (Lipinski definition) is 0. The van der Waals surface area contributed by atoms with Gasteiger partial charge < -0.3 is 18.8 Å². The van der Waals surface area contributed by atoms with E-state index in [0.29, 0.717) is 6.54 Å². The minimum absolute atomic E-state index is 0.0171. The smallest absolute Gasteiger partial charge is 0.358 e. The summed E-state index contributed by atoms with van der Waals surface area (Å²) in [6, 6.07) is 10.8. The van der Waals surface area contributed by atoms with Gasteiger partial charge in [-0.25, -0.2) is 4.79 Å². The van der Waals surface area contributed by atoms with Crippen LogP contribution in [0.5, 0.6) is 5.75 Å². The minimum Gasteiger partial charge on any atom is -0.482 e. The van der Waals surface area contributed by atoms with Crippen LogP contribution in [0.1, 0.15) is 23.0 Å². The third-order valence-corrected chi connectivity index (χ3v) is 3.59. The van der Waals surface area contributed by atoms with Crippen LogP contribution in [-0.4, -0.2) is 30.9 Å². The third kappa shape index (κ3) is 4.23. The van der Waals surface area contributed by atoms with Crippen molar-refractivity contribution in [2.24, 2.45) is 0 Å². The van der Waals surface area contributed by atoms with E-state index in [-0.39, 0.29) is 29.6 Å². The molecule has 6 nitrogen and oxygen atoms in total. The second-order valence-electron chi connectivity index (χ2n) is 5.32. The first-order chi connectivity index (χ1) is 11.6. The Balaban J connectivity index is 2.38. The summed E-state index contributed by atoms with van der Waals surface area (Å²) in [6.07, 6.45) is 1.40. The SMILES string of the molecule is COC(=O)c1c(OCc2ccccc2)c(=O)ccn1CC(C)OC. The number of esters is 1. The maximum atomic E-state index is 12.2. The third-order valence-electron chi connectivity index (χ3n) is 3.59. The summed E-state index contributed by atoms with van der Waals surface area (Å²) in [6.45, 7) is 2.44. The van der Waals surface area contributed by atoms with Crippen LogP contribution in [0.15, 0.2) is 47.4 Å². The van der Waals surface area contributed by atoms with Gasteiger partial charge in [-0.05, 0) is 12.5 Å². The highest BCUT2D eigenvalue weighted by Crippen LogP contribution is 2.17. The summed E-state index contributed by atoms with van der Waals surface area (Å²) in [5.41, 5.74) is 0.617. The molecule has 1 atom stereocenters. The van der Waals surface area contributed by atoms with Gasteiger partial charge in [0, 0.05) is 25.9 Å². The van der Waals surface area contributed by atoms with Gasteiger partial charge in [-0.3, -0.25) is 4.79 Å². The van der Waals surface area contributed by atoms with Gasteiger partial charge in [-0.15, -0.1) is 0 Å². The first kappa shape index (κ1) is 17.7. The Bertz CT molecular complexity index is 739. The lowest BCUT2D eigenvalue weighted by atomic mass is 10.2. The zero-order valence-electron chi connectivity index (χ0n) is 14.0. The predicted octanol–water partition coefficient (Wildman–Crippen LogP) is 2.25. The van der Waals surface area contributed by atoms with Gasteiger partial charge in [0.15, 0.2) is 11.4 Å². The molecular weight excluding hydrogens is 310 g/mol. The average molecular weight is 331 g/mol. The Labute approximate surface area is 140 Å². The number of aromatic nitrogens is 1. The molecule has 24 heavy (non-hydrogen) atoms. The first-order valence-corrected chi connectivity index (χ1v) is 7.58. The van der Waals surface area contributed by atoms with Gasteiger partial charge in [0.1, 0.15) is 6.61 Å². The number of methoxy groups -OCH3 is 2. The highest BCUT2D eigenvalue weighted by Gasteiger charge is 2.21. The number of benzene rings is 1. The second-order valence-corrected chi connectivity index (χ2v) is 5.32. The number of nitrogens with zero attached hydrogens (tertiary/aromatic N) is 1. The number of ether oxygens (including phenoxy) is 3. The molecule has 1 aromatic carbocycles. The largest absolute Gasteiger partial charge is 0.482 e. The highest BCUT2D eigenvalue weighted by molar-refractivity contribution is 5.90. The van der Waals surface area contributed by atoms with Crippen LogP contribution in [0.2, 0.25) is 0 Å². The molecular formula is C18H21NO5. The Kier molecular flexibility index (Phi) is 6.14. The Morgan fingerprint density at radius 2 is 1.88 bits per heavy atom. The zero-order chi connectivity index (χ0) is 17.5. The highest BCUT2D eigenvalue weighted by atomic mass is 16.5. The normalized spacial score (nSPS) is 11.8. The molecule has 0 N–H and O–H groups in total. The van der Waals surface area contributed by atoms with Crippen molar-refractivity contribution in [1.82, 2.24) is 4.57 Å². The summed E-state index contributed by atoms with van der Waals surface area (Å²) in [5.74, 6) is -0.643. The molecule has 1 heterocycles. The molecule has 0 bridgehead atoms. The molecule has 0 aliphatic heterocycles. The van der Waals surface area contributed by atoms with E-state index in [9.17, 15) is 9.59 Å².